The van der Waals surface area contributed by atoms with Crippen molar-refractivity contribution in [3.05, 3.63) is 40.4 Å². The zero-order valence-electron chi connectivity index (χ0n) is 13.7. The average molecular weight is 417 g/mol. The van der Waals surface area contributed by atoms with E-state index in [9.17, 15) is 13.2 Å². The van der Waals surface area contributed by atoms with Crippen LogP contribution in [0.3, 0.4) is 0 Å². The van der Waals surface area contributed by atoms with Gasteiger partial charge in [0.05, 0.1) is 28.5 Å². The van der Waals surface area contributed by atoms with E-state index >= 15 is 0 Å². The van der Waals surface area contributed by atoms with Crippen molar-refractivity contribution < 1.29 is 22.7 Å². The number of carbonyl (C=O) groups excluding carboxylic acids is 1. The molecule has 1 aliphatic heterocycles. The van der Waals surface area contributed by atoms with E-state index in [4.69, 9.17) is 32.7 Å². The monoisotopic (exact) mass is 416 g/mol. The molecule has 2 N–H and O–H groups in total. The summed E-state index contributed by atoms with van der Waals surface area (Å²) < 4.78 is 38.3. The summed E-state index contributed by atoms with van der Waals surface area (Å²) in [6, 6.07) is 7.06. The summed E-state index contributed by atoms with van der Waals surface area (Å²) >= 11 is 12.1. The lowest BCUT2D eigenvalue weighted by Crippen LogP contribution is -2.34. The highest BCUT2D eigenvalue weighted by Gasteiger charge is 2.28. The van der Waals surface area contributed by atoms with Crippen LogP contribution in [0.25, 0.3) is 0 Å². The normalized spacial score (nSPS) is 16.3. The average Bonchev–Trinajstić information content (AvgIpc) is 2.55. The fourth-order valence-electron chi connectivity index (χ4n) is 2.35. The maximum atomic E-state index is 12.7. The largest absolute Gasteiger partial charge is 0.495 e. The Bertz CT molecular complexity index is 994. The molecule has 0 saturated heterocycles. The van der Waals surface area contributed by atoms with Crippen molar-refractivity contribution in [2.24, 2.45) is 0 Å². The minimum absolute atomic E-state index is 0.0608. The van der Waals surface area contributed by atoms with E-state index in [1.807, 2.05) is 0 Å². The Morgan fingerprint density at radius 1 is 1.19 bits per heavy atom. The number of halogens is 2. The summed E-state index contributed by atoms with van der Waals surface area (Å²) in [4.78, 5) is 11.5. The molecule has 7 nitrogen and oxygen atoms in total. The van der Waals surface area contributed by atoms with Crippen LogP contribution in [0.1, 0.15) is 6.92 Å². The lowest BCUT2D eigenvalue weighted by Gasteiger charge is -2.24. The van der Waals surface area contributed by atoms with Crippen molar-refractivity contribution in [3.8, 4) is 11.5 Å². The first-order valence-electron chi connectivity index (χ1n) is 7.38. The number of sulfonamides is 1. The van der Waals surface area contributed by atoms with Crippen molar-refractivity contribution in [3.63, 3.8) is 0 Å². The molecule has 0 saturated carbocycles. The number of amides is 1. The van der Waals surface area contributed by atoms with E-state index < -0.39 is 16.1 Å². The number of rotatable bonds is 4. The van der Waals surface area contributed by atoms with Crippen molar-refractivity contribution in [2.75, 3.05) is 17.1 Å². The number of hydrogen-bond acceptors (Lipinski definition) is 5. The fraction of sp³-hybridized carbons (Fsp3) is 0.188. The van der Waals surface area contributed by atoms with E-state index in [1.54, 1.807) is 6.92 Å². The van der Waals surface area contributed by atoms with Gasteiger partial charge in [0.1, 0.15) is 16.4 Å². The molecule has 0 aromatic heterocycles. The third-order valence-corrected chi connectivity index (χ3v) is 5.80. The van der Waals surface area contributed by atoms with E-state index in [0.717, 1.165) is 0 Å². The predicted molar refractivity (Wildman–Crippen MR) is 99.0 cm³/mol. The van der Waals surface area contributed by atoms with Gasteiger partial charge >= 0.3 is 0 Å². The molecular formula is C16H14Cl2N2O5S. The quantitative estimate of drug-likeness (QED) is 0.794. The van der Waals surface area contributed by atoms with Crippen molar-refractivity contribution in [1.82, 2.24) is 0 Å². The summed E-state index contributed by atoms with van der Waals surface area (Å²) in [5.41, 5.74) is 0.553. The molecule has 138 valence electrons. The number of hydrogen-bond donors (Lipinski definition) is 2. The van der Waals surface area contributed by atoms with Gasteiger partial charge in [0.25, 0.3) is 15.9 Å². The lowest BCUT2D eigenvalue weighted by molar-refractivity contribution is -0.122. The molecule has 26 heavy (non-hydrogen) atoms. The highest BCUT2D eigenvalue weighted by molar-refractivity contribution is 7.92. The molecule has 0 radical (unpaired) electrons. The number of nitrogens with one attached hydrogen (secondary N) is 2. The summed E-state index contributed by atoms with van der Waals surface area (Å²) in [7, 11) is -2.56. The molecule has 1 aliphatic rings. The molecule has 0 fully saturated rings. The van der Waals surface area contributed by atoms with Gasteiger partial charge in [-0.05, 0) is 31.2 Å². The second-order valence-corrected chi connectivity index (χ2v) is 7.95. The molecular weight excluding hydrogens is 403 g/mol. The molecule has 1 heterocycles. The molecule has 1 unspecified atom stereocenters. The number of ether oxygens (including phenoxy) is 2. The van der Waals surface area contributed by atoms with Gasteiger partial charge in [0, 0.05) is 6.07 Å². The summed E-state index contributed by atoms with van der Waals surface area (Å²) in [5.74, 6) is 0.296. The Hall–Kier alpha value is -2.16. The molecule has 1 amide bonds. The zero-order chi connectivity index (χ0) is 19.1. The molecule has 0 aliphatic carbocycles. The first-order chi connectivity index (χ1) is 12.2. The minimum atomic E-state index is -4.02. The summed E-state index contributed by atoms with van der Waals surface area (Å²) in [6.45, 7) is 1.55. The van der Waals surface area contributed by atoms with Crippen molar-refractivity contribution in [2.45, 2.75) is 17.9 Å². The number of benzene rings is 2. The van der Waals surface area contributed by atoms with E-state index in [-0.39, 0.29) is 32.3 Å². The number of methoxy groups -OCH3 is 1. The van der Waals surface area contributed by atoms with Gasteiger partial charge in [-0.15, -0.1) is 0 Å². The maximum absolute atomic E-state index is 12.7. The topological polar surface area (TPSA) is 93.7 Å². The van der Waals surface area contributed by atoms with E-state index in [2.05, 4.69) is 10.0 Å². The lowest BCUT2D eigenvalue weighted by atomic mass is 10.2. The van der Waals surface area contributed by atoms with Crippen LogP contribution in [0.4, 0.5) is 11.4 Å². The molecule has 0 spiro atoms. The second kappa shape index (κ2) is 6.86. The Labute approximate surface area is 160 Å². The van der Waals surface area contributed by atoms with Crippen LogP contribution < -0.4 is 19.5 Å². The fourth-order valence-corrected chi connectivity index (χ4v) is 4.21. The van der Waals surface area contributed by atoms with Crippen LogP contribution in [0.15, 0.2) is 35.2 Å². The number of fused-ring (bicyclic) bond motifs is 1. The van der Waals surface area contributed by atoms with Crippen LogP contribution >= 0.6 is 23.2 Å². The standard InChI is InChI=1S/C16H14Cl2N2O5S/c1-8-16(21)19-12-6-11(18)15(7-14(12)25-8)26(22,23)20-9-3-4-13(24-2)10(17)5-9/h3-8,20H,1-2H3,(H,19,21). The third kappa shape index (κ3) is 3.53. The van der Waals surface area contributed by atoms with Gasteiger partial charge in [-0.1, -0.05) is 23.2 Å². The third-order valence-electron chi connectivity index (χ3n) is 3.66. The van der Waals surface area contributed by atoms with Crippen LogP contribution in [0, 0.1) is 0 Å². The SMILES string of the molecule is COc1ccc(NS(=O)(=O)c2cc3c(cc2Cl)NC(=O)C(C)O3)cc1Cl. The van der Waals surface area contributed by atoms with Gasteiger partial charge in [-0.3, -0.25) is 9.52 Å². The smallest absolute Gasteiger partial charge is 0.265 e. The van der Waals surface area contributed by atoms with Gasteiger partial charge < -0.3 is 14.8 Å². The molecule has 2 aromatic rings. The zero-order valence-corrected chi connectivity index (χ0v) is 16.0. The van der Waals surface area contributed by atoms with Gasteiger partial charge in [-0.25, -0.2) is 8.42 Å². The second-order valence-electron chi connectivity index (χ2n) is 5.48. The van der Waals surface area contributed by atoms with Crippen molar-refractivity contribution >= 4 is 50.5 Å². The highest BCUT2D eigenvalue weighted by atomic mass is 35.5. The molecule has 1 atom stereocenters. The maximum Gasteiger partial charge on any atom is 0.265 e. The van der Waals surface area contributed by atoms with Crippen LogP contribution in [-0.2, 0) is 14.8 Å². The van der Waals surface area contributed by atoms with Crippen LogP contribution in [0.2, 0.25) is 10.0 Å². The Balaban J connectivity index is 1.96. The van der Waals surface area contributed by atoms with Crippen molar-refractivity contribution in [1.29, 1.82) is 0 Å². The van der Waals surface area contributed by atoms with E-state index in [0.29, 0.717) is 11.4 Å². The first-order valence-corrected chi connectivity index (χ1v) is 9.62. The minimum Gasteiger partial charge on any atom is -0.495 e. The van der Waals surface area contributed by atoms with Gasteiger partial charge in [0.2, 0.25) is 0 Å². The number of anilines is 2. The van der Waals surface area contributed by atoms with E-state index in [1.165, 1.54) is 37.4 Å². The molecule has 0 bridgehead atoms. The van der Waals surface area contributed by atoms with Crippen LogP contribution in [-0.4, -0.2) is 27.5 Å². The highest BCUT2D eigenvalue weighted by Crippen LogP contribution is 2.37. The number of carbonyl (C=O) groups is 1. The molecule has 2 aromatic carbocycles. The first kappa shape index (κ1) is 18.6. The summed E-state index contributed by atoms with van der Waals surface area (Å²) in [5, 5.41) is 2.80. The molecule has 10 heteroatoms. The Morgan fingerprint density at radius 3 is 2.58 bits per heavy atom. The van der Waals surface area contributed by atoms with Gasteiger partial charge in [0.15, 0.2) is 6.10 Å². The molecule has 3 rings (SSSR count). The van der Waals surface area contributed by atoms with Gasteiger partial charge in [-0.2, -0.15) is 0 Å². The summed E-state index contributed by atoms with van der Waals surface area (Å²) in [6.07, 6.45) is -0.743. The van der Waals surface area contributed by atoms with Crippen LogP contribution in [0.5, 0.6) is 11.5 Å². The Morgan fingerprint density at radius 2 is 1.92 bits per heavy atom. The predicted octanol–water partition coefficient (Wildman–Crippen LogP) is 3.52. The Kier molecular flexibility index (Phi) is 4.92.